The molecular formula is C5H12N4. The van der Waals surface area contributed by atoms with Crippen molar-refractivity contribution in [3.05, 3.63) is 12.0 Å². The molecule has 0 aromatic heterocycles. The lowest BCUT2D eigenvalue weighted by molar-refractivity contribution is 0.425. The van der Waals surface area contributed by atoms with Crippen molar-refractivity contribution in [1.29, 1.82) is 0 Å². The number of rotatable bonds is 3. The Balaban J connectivity index is 3.84. The van der Waals surface area contributed by atoms with E-state index in [1.54, 1.807) is 11.9 Å². The maximum absolute atomic E-state index is 5.41. The van der Waals surface area contributed by atoms with Gasteiger partial charge in [-0.3, -0.25) is 4.99 Å². The molecule has 0 aromatic rings. The van der Waals surface area contributed by atoms with Gasteiger partial charge >= 0.3 is 0 Å². The van der Waals surface area contributed by atoms with Crippen LogP contribution in [-0.2, 0) is 0 Å². The predicted molar refractivity (Wildman–Crippen MR) is 38.6 cm³/mol. The quantitative estimate of drug-likeness (QED) is 0.390. The highest BCUT2D eigenvalue weighted by Crippen LogP contribution is 1.88. The third kappa shape index (κ3) is 2.71. The molecule has 0 radical (unpaired) electrons. The average molecular weight is 128 g/mol. The monoisotopic (exact) mass is 128 g/mol. The van der Waals surface area contributed by atoms with E-state index in [0.29, 0.717) is 12.5 Å². The van der Waals surface area contributed by atoms with Crippen LogP contribution in [0.4, 0.5) is 0 Å². The van der Waals surface area contributed by atoms with E-state index in [9.17, 15) is 0 Å². The molecule has 0 saturated heterocycles. The second-order valence-corrected chi connectivity index (χ2v) is 1.62. The summed E-state index contributed by atoms with van der Waals surface area (Å²) in [6, 6.07) is 0. The summed E-state index contributed by atoms with van der Waals surface area (Å²) < 4.78 is 0. The van der Waals surface area contributed by atoms with Crippen molar-refractivity contribution in [1.82, 2.24) is 4.90 Å². The normalized spacial score (nSPS) is 11.1. The van der Waals surface area contributed by atoms with E-state index in [2.05, 4.69) is 11.7 Å². The van der Waals surface area contributed by atoms with E-state index in [1.165, 1.54) is 6.20 Å². The van der Waals surface area contributed by atoms with Gasteiger partial charge in [0.1, 0.15) is 5.82 Å². The Labute approximate surface area is 54.8 Å². The van der Waals surface area contributed by atoms with Crippen LogP contribution in [0.2, 0.25) is 0 Å². The minimum atomic E-state index is 0.387. The second-order valence-electron chi connectivity index (χ2n) is 1.62. The fourth-order valence-corrected chi connectivity index (χ4v) is 0.297. The molecule has 4 N–H and O–H groups in total. The summed E-state index contributed by atoms with van der Waals surface area (Å²) in [5, 5.41) is 0. The highest BCUT2D eigenvalue weighted by Gasteiger charge is 1.92. The van der Waals surface area contributed by atoms with Crippen LogP contribution in [0.1, 0.15) is 0 Å². The molecule has 52 valence electrons. The fraction of sp³-hybridized carbons (Fsp3) is 0.400. The van der Waals surface area contributed by atoms with Gasteiger partial charge < -0.3 is 16.4 Å². The predicted octanol–water partition coefficient (Wildman–Crippen LogP) is -0.707. The van der Waals surface area contributed by atoms with Crippen LogP contribution < -0.4 is 11.5 Å². The number of hydrogen-bond acceptors (Lipinski definition) is 4. The van der Waals surface area contributed by atoms with Crippen molar-refractivity contribution in [2.75, 3.05) is 13.7 Å². The van der Waals surface area contributed by atoms with Gasteiger partial charge in [0.15, 0.2) is 0 Å². The molecule has 0 saturated carbocycles. The molecule has 0 aliphatic carbocycles. The standard InChI is InChI=1S/C5H12N4/c1-8-3-5(7)9(2)4-6/h3H,1,4,6-7H2,2H3/b5-3-. The minimum Gasteiger partial charge on any atom is -0.384 e. The average Bonchev–Trinajstić information content (AvgIpc) is 1.87. The van der Waals surface area contributed by atoms with Gasteiger partial charge in [0.25, 0.3) is 0 Å². The van der Waals surface area contributed by atoms with E-state index in [0.717, 1.165) is 0 Å². The van der Waals surface area contributed by atoms with Crippen LogP contribution in [0.15, 0.2) is 17.0 Å². The van der Waals surface area contributed by atoms with Gasteiger partial charge in [0.05, 0.1) is 12.9 Å². The number of nitrogens with zero attached hydrogens (tertiary/aromatic N) is 2. The SMILES string of the molecule is C=N/C=C(/N)N(C)CN. The molecule has 0 unspecified atom stereocenters. The number of aliphatic imine (C=N–C) groups is 1. The van der Waals surface area contributed by atoms with Gasteiger partial charge in [-0.05, 0) is 6.72 Å². The first-order chi connectivity index (χ1) is 4.22. The van der Waals surface area contributed by atoms with Gasteiger partial charge in [-0.25, -0.2) is 0 Å². The summed E-state index contributed by atoms with van der Waals surface area (Å²) in [4.78, 5) is 5.13. The summed E-state index contributed by atoms with van der Waals surface area (Å²) in [6.45, 7) is 3.63. The van der Waals surface area contributed by atoms with Crippen molar-refractivity contribution in [3.63, 3.8) is 0 Å². The zero-order valence-corrected chi connectivity index (χ0v) is 5.54. The minimum absolute atomic E-state index is 0.387. The van der Waals surface area contributed by atoms with E-state index >= 15 is 0 Å². The van der Waals surface area contributed by atoms with Crippen molar-refractivity contribution < 1.29 is 0 Å². The molecule has 0 rings (SSSR count). The summed E-state index contributed by atoms with van der Waals surface area (Å²) in [5.74, 6) is 0.521. The smallest absolute Gasteiger partial charge is 0.118 e. The highest BCUT2D eigenvalue weighted by atomic mass is 15.2. The van der Waals surface area contributed by atoms with Crippen LogP contribution in [0, 0.1) is 0 Å². The van der Waals surface area contributed by atoms with Crippen molar-refractivity contribution in [3.8, 4) is 0 Å². The third-order valence-corrected chi connectivity index (χ3v) is 0.938. The molecule has 0 aromatic carbocycles. The first-order valence-corrected chi connectivity index (χ1v) is 2.55. The maximum atomic E-state index is 5.41. The summed E-state index contributed by atoms with van der Waals surface area (Å²) >= 11 is 0. The van der Waals surface area contributed by atoms with E-state index < -0.39 is 0 Å². The lowest BCUT2D eigenvalue weighted by atomic mass is 10.6. The first-order valence-electron chi connectivity index (χ1n) is 2.55. The molecule has 0 aliphatic heterocycles. The van der Waals surface area contributed by atoms with E-state index in [4.69, 9.17) is 11.5 Å². The zero-order valence-electron chi connectivity index (χ0n) is 5.54. The highest BCUT2D eigenvalue weighted by molar-refractivity contribution is 5.26. The van der Waals surface area contributed by atoms with Gasteiger partial charge in [0.2, 0.25) is 0 Å². The third-order valence-electron chi connectivity index (χ3n) is 0.938. The van der Waals surface area contributed by atoms with Crippen molar-refractivity contribution in [2.45, 2.75) is 0 Å². The molecule has 0 atom stereocenters. The van der Waals surface area contributed by atoms with Crippen molar-refractivity contribution in [2.24, 2.45) is 16.5 Å². The van der Waals surface area contributed by atoms with Crippen LogP contribution in [0.3, 0.4) is 0 Å². The summed E-state index contributed by atoms with van der Waals surface area (Å²) in [5.41, 5.74) is 10.7. The van der Waals surface area contributed by atoms with Gasteiger partial charge in [0, 0.05) is 7.05 Å². The Hall–Kier alpha value is -1.03. The topological polar surface area (TPSA) is 67.6 Å². The number of hydrogen-bond donors (Lipinski definition) is 2. The van der Waals surface area contributed by atoms with E-state index in [-0.39, 0.29) is 0 Å². The maximum Gasteiger partial charge on any atom is 0.118 e. The molecule has 0 amide bonds. The van der Waals surface area contributed by atoms with Gasteiger partial charge in [-0.1, -0.05) is 0 Å². The van der Waals surface area contributed by atoms with Crippen LogP contribution in [-0.4, -0.2) is 25.3 Å². The fourth-order valence-electron chi connectivity index (χ4n) is 0.297. The largest absolute Gasteiger partial charge is 0.384 e. The summed E-state index contributed by atoms with van der Waals surface area (Å²) in [6.07, 6.45) is 1.45. The Morgan fingerprint density at radius 2 is 2.44 bits per heavy atom. The molecule has 0 bridgehead atoms. The number of nitrogens with two attached hydrogens (primary N) is 2. The molecule has 0 fully saturated rings. The Kier molecular flexibility index (Phi) is 3.46. The molecule has 0 aliphatic rings. The Morgan fingerprint density at radius 3 is 2.78 bits per heavy atom. The molecule has 9 heavy (non-hydrogen) atoms. The Morgan fingerprint density at radius 1 is 1.89 bits per heavy atom. The Bertz CT molecular complexity index is 118. The molecule has 0 heterocycles. The van der Waals surface area contributed by atoms with Gasteiger partial charge in [-0.15, -0.1) is 0 Å². The molecule has 4 heteroatoms. The van der Waals surface area contributed by atoms with E-state index in [1.807, 2.05) is 0 Å². The molecular weight excluding hydrogens is 116 g/mol. The lowest BCUT2D eigenvalue weighted by Crippen LogP contribution is -2.29. The van der Waals surface area contributed by atoms with Crippen molar-refractivity contribution >= 4 is 6.72 Å². The first kappa shape index (κ1) is 7.97. The lowest BCUT2D eigenvalue weighted by Gasteiger charge is -2.14. The van der Waals surface area contributed by atoms with Crippen LogP contribution in [0.25, 0.3) is 0 Å². The van der Waals surface area contributed by atoms with Crippen LogP contribution in [0.5, 0.6) is 0 Å². The summed E-state index contributed by atoms with van der Waals surface area (Å²) in [7, 11) is 1.77. The molecule has 4 nitrogen and oxygen atoms in total. The zero-order chi connectivity index (χ0) is 7.28. The molecule has 0 spiro atoms. The second kappa shape index (κ2) is 3.91. The van der Waals surface area contributed by atoms with Gasteiger partial charge in [-0.2, -0.15) is 0 Å². The van der Waals surface area contributed by atoms with Crippen LogP contribution >= 0.6 is 0 Å².